The third kappa shape index (κ3) is 52.4. The average molecular weight is 1990 g/mol. The van der Waals surface area contributed by atoms with Gasteiger partial charge in [0.1, 0.15) is 136 Å². The van der Waals surface area contributed by atoms with Gasteiger partial charge in [-0.05, 0) is 303 Å². The zero-order valence-electron chi connectivity index (χ0n) is 94.7. The molecule has 32 heteroatoms. The monoisotopic (exact) mass is 1990 g/mol. The number of ketones is 4. The van der Waals surface area contributed by atoms with Crippen LogP contribution in [0.25, 0.3) is 0 Å². The van der Waals surface area contributed by atoms with E-state index >= 15 is 0 Å². The molecule has 32 nitrogen and oxygen atoms in total. The Morgan fingerprint density at radius 3 is 0.551 bits per heavy atom. The molecule has 0 bridgehead atoms. The second kappa shape index (κ2) is 71.2. The van der Waals surface area contributed by atoms with E-state index in [4.69, 9.17) is 123 Å². The van der Waals surface area contributed by atoms with E-state index in [1.54, 1.807) is 14.2 Å². The van der Waals surface area contributed by atoms with Crippen LogP contribution in [0.4, 0.5) is 0 Å². The fourth-order valence-corrected chi connectivity index (χ4v) is 17.5. The number of hydrogen-bond acceptors (Lipinski definition) is 32. The highest BCUT2D eigenvalue weighted by Gasteiger charge is 2.54. The largest absolute Gasteiger partial charge is 0.382 e. The number of nitrogens with zero attached hydrogens (tertiary/aromatic N) is 2. The minimum atomic E-state index is -0.265. The number of rotatable bonds is 60. The first-order chi connectivity index (χ1) is 64.5. The quantitative estimate of drug-likeness (QED) is 0.0511. The van der Waals surface area contributed by atoms with Crippen LogP contribution < -0.4 is 0 Å². The van der Waals surface area contributed by atoms with Crippen molar-refractivity contribution in [1.29, 1.82) is 0 Å². The van der Waals surface area contributed by atoms with Crippen LogP contribution in [0.5, 0.6) is 0 Å². The molecular formula is C106H206N2O30. The van der Waals surface area contributed by atoms with Crippen molar-refractivity contribution in [3.63, 3.8) is 0 Å². The van der Waals surface area contributed by atoms with Gasteiger partial charge in [-0.1, -0.05) is 13.8 Å². The molecule has 820 valence electrons. The van der Waals surface area contributed by atoms with E-state index < -0.39 is 0 Å². The Kier molecular flexibility index (Phi) is 68.9. The van der Waals surface area contributed by atoms with Gasteiger partial charge >= 0.3 is 0 Å². The Hall–Kier alpha value is -2.44. The van der Waals surface area contributed by atoms with Crippen molar-refractivity contribution < 1.29 is 142 Å². The molecule has 30 atom stereocenters. The lowest BCUT2D eigenvalue weighted by atomic mass is 10.0. The molecule has 6 fully saturated rings. The highest BCUT2D eigenvalue weighted by Crippen LogP contribution is 2.38. The predicted molar refractivity (Wildman–Crippen MR) is 539 cm³/mol. The first-order valence-corrected chi connectivity index (χ1v) is 52.3. The van der Waals surface area contributed by atoms with Crippen molar-refractivity contribution in [1.82, 2.24) is 9.80 Å². The van der Waals surface area contributed by atoms with E-state index in [-0.39, 0.29) is 306 Å². The van der Waals surface area contributed by atoms with E-state index in [9.17, 15) is 19.2 Å². The summed E-state index contributed by atoms with van der Waals surface area (Å²) in [6, 6.07) is 0. The Morgan fingerprint density at radius 2 is 0.406 bits per heavy atom. The average Bonchev–Trinajstić information content (AvgIpc) is 1.67. The number of ether oxygens (including phenoxy) is 26. The summed E-state index contributed by atoms with van der Waals surface area (Å²) in [6.45, 7) is 80.3. The summed E-state index contributed by atoms with van der Waals surface area (Å²) >= 11 is 0. The number of Topliss-reactive ketones (excluding diaryl/α,β-unsaturated/α-hetero) is 4. The smallest absolute Gasteiger partial charge is 0.158 e. The van der Waals surface area contributed by atoms with Crippen molar-refractivity contribution >= 4 is 23.1 Å². The van der Waals surface area contributed by atoms with Gasteiger partial charge in [0.15, 0.2) is 23.1 Å². The normalized spacial score (nSPS) is 29.6. The molecule has 0 aliphatic carbocycles. The summed E-state index contributed by atoms with van der Waals surface area (Å²) < 4.78 is 154. The molecule has 0 saturated carbocycles. The Bertz CT molecular complexity index is 2900. The number of hydrogen-bond donors (Lipinski definition) is 0. The van der Waals surface area contributed by atoms with Gasteiger partial charge in [0, 0.05) is 39.9 Å². The maximum atomic E-state index is 12.1. The highest BCUT2D eigenvalue weighted by molar-refractivity contribution is 5.80. The maximum absolute atomic E-state index is 12.1. The van der Waals surface area contributed by atoms with Crippen LogP contribution in [0.2, 0.25) is 0 Å². The number of carbonyl (C=O) groups is 4. The van der Waals surface area contributed by atoms with Crippen molar-refractivity contribution in [3.8, 4) is 0 Å². The Labute approximate surface area is 837 Å². The molecule has 0 amide bonds. The van der Waals surface area contributed by atoms with Crippen LogP contribution in [0, 0.1) is 0 Å². The van der Waals surface area contributed by atoms with E-state index in [0.717, 1.165) is 25.9 Å². The first kappa shape index (κ1) is 134. The van der Waals surface area contributed by atoms with Crippen molar-refractivity contribution in [2.45, 2.75) is 558 Å². The van der Waals surface area contributed by atoms with Crippen LogP contribution in [0.15, 0.2) is 0 Å². The lowest BCUT2D eigenvalue weighted by molar-refractivity contribution is -0.137. The fourth-order valence-electron chi connectivity index (χ4n) is 17.5. The predicted octanol–water partition coefficient (Wildman–Crippen LogP) is 15.7. The Balaban J connectivity index is 0.000000830. The molecule has 0 aromatic carbocycles. The third-order valence-corrected chi connectivity index (χ3v) is 23.0. The summed E-state index contributed by atoms with van der Waals surface area (Å²) in [5.41, 5.74) is 0. The van der Waals surface area contributed by atoms with Crippen LogP contribution in [0.1, 0.15) is 302 Å². The fraction of sp³-hybridized carbons (Fsp3) is 0.962. The lowest BCUT2D eigenvalue weighted by Crippen LogP contribution is -2.44. The maximum Gasteiger partial charge on any atom is 0.158 e. The highest BCUT2D eigenvalue weighted by atomic mass is 16.7. The van der Waals surface area contributed by atoms with Gasteiger partial charge in [0.2, 0.25) is 0 Å². The van der Waals surface area contributed by atoms with E-state index in [1.807, 2.05) is 291 Å². The Morgan fingerprint density at radius 1 is 0.239 bits per heavy atom. The SMILES string of the molecule is CC(C)O[C@H]1[C@@H](OCC(=O)CCCN(C)C)[C@H](C)O[C@@H]1[C@@H](C)OC(C)C.CC(C)O[C@H]1[C@@H](OCC(=O)CCCN(C)C)[C@H](C)O[C@@H]1[C@H](C)OC(C)C.CCC(=O)CO[C@@H]1[C@H](OC(C)C)[C@@H]([C@@H](C)OC(C)C)O[C@H]1C.CCC(=O)CO[C@@H]1[C@H](OC(C)C)[C@@H]([C@H](C)OC(C)C)O[C@H]1C.COCCO[C@@H]1[C@H](OC(C)C)[C@@H]([C@@H](C)OC(C)C)O[C@H]1C.COCCO[C@@H]1[C@H](OC(C)C)[C@@H]([C@H](C)OC(C)C)O[C@H]1C. The molecule has 0 aromatic rings. The van der Waals surface area contributed by atoms with Crippen molar-refractivity contribution in [2.24, 2.45) is 0 Å². The summed E-state index contributed by atoms with van der Waals surface area (Å²) in [6.07, 6.45) is 0.476. The van der Waals surface area contributed by atoms with Gasteiger partial charge in [-0.2, -0.15) is 0 Å². The molecule has 6 rings (SSSR count). The van der Waals surface area contributed by atoms with Gasteiger partial charge in [-0.25, -0.2) is 0 Å². The molecule has 0 spiro atoms. The molecule has 6 aliphatic heterocycles. The molecule has 6 saturated heterocycles. The van der Waals surface area contributed by atoms with Gasteiger partial charge in [0.25, 0.3) is 0 Å². The van der Waals surface area contributed by atoms with E-state index in [2.05, 4.69) is 9.80 Å². The zero-order chi connectivity index (χ0) is 105. The third-order valence-electron chi connectivity index (χ3n) is 23.0. The molecule has 0 unspecified atom stereocenters. The van der Waals surface area contributed by atoms with E-state index in [0.29, 0.717) is 52.1 Å². The minimum absolute atomic E-state index is 0.0196. The van der Waals surface area contributed by atoms with Crippen LogP contribution in [-0.2, 0) is 142 Å². The van der Waals surface area contributed by atoms with Crippen LogP contribution >= 0.6 is 0 Å². The topological polar surface area (TPSA) is 315 Å². The second-order valence-corrected chi connectivity index (χ2v) is 41.5. The van der Waals surface area contributed by atoms with Gasteiger partial charge < -0.3 is 133 Å². The van der Waals surface area contributed by atoms with Crippen molar-refractivity contribution in [3.05, 3.63) is 0 Å². The molecule has 0 N–H and O–H groups in total. The standard InChI is InChI=1S/2C20H39NO5.2C17H32O5.2C16H32O5/c2*1-13(2)24-16(6)19-20(25-14(3)4)18(15(5)26-19)23-12-17(22)10-9-11-21(7)8;2*1-8-14(18)9-19-15-12(6)22-16(13(7)20-10(2)3)17(15)21-11(4)5;2*1-10(2)19-13(6)15-16(20-11(3)4)14(12(5)21-15)18-9-8-17-7/h2*13-16,18-20H,9-12H2,1-8H3;2*10-13,15-17H,8-9H2,1-7H3;2*10-16H,8-9H2,1-7H3/t15-,16+,18-,19+,20-;15-,16-,18-,19+,20-;12-,13+,15-,16+,17-;12-,13-,15-,16+,17-;12-,13+,14-,15+,16-;12-,13-,14-,15+,16-/m000000/s1. The van der Waals surface area contributed by atoms with Crippen molar-refractivity contribution in [2.75, 3.05) is 108 Å². The molecular weight excluding hydrogens is 1780 g/mol. The minimum Gasteiger partial charge on any atom is -0.382 e. The summed E-state index contributed by atoms with van der Waals surface area (Å²) in [5, 5.41) is 0. The van der Waals surface area contributed by atoms with Crippen LogP contribution in [-0.4, -0.2) is 398 Å². The van der Waals surface area contributed by atoms with E-state index in [1.165, 1.54) is 0 Å². The molecule has 6 aliphatic rings. The van der Waals surface area contributed by atoms with Gasteiger partial charge in [0.05, 0.1) is 173 Å². The molecule has 6 heterocycles. The summed E-state index contributed by atoms with van der Waals surface area (Å²) in [4.78, 5) is 51.5. The van der Waals surface area contributed by atoms with Crippen LogP contribution in [0.3, 0.4) is 0 Å². The molecule has 138 heavy (non-hydrogen) atoms. The summed E-state index contributed by atoms with van der Waals surface area (Å²) in [7, 11) is 11.4. The number of carbonyl (C=O) groups excluding carboxylic acids is 4. The molecule has 0 radical (unpaired) electrons. The van der Waals surface area contributed by atoms with Gasteiger partial charge in [-0.15, -0.1) is 0 Å². The zero-order valence-corrected chi connectivity index (χ0v) is 94.7. The van der Waals surface area contributed by atoms with Gasteiger partial charge in [-0.3, -0.25) is 19.2 Å². The summed E-state index contributed by atoms with van der Waals surface area (Å²) in [5.74, 6) is 0.422. The first-order valence-electron chi connectivity index (χ1n) is 52.3. The second-order valence-electron chi connectivity index (χ2n) is 41.5. The molecule has 0 aromatic heterocycles. The lowest BCUT2D eigenvalue weighted by Gasteiger charge is -2.29. The number of methoxy groups -OCH3 is 2.